The minimum atomic E-state index is -0.194. The number of rotatable bonds is 2. The number of carbonyl (C=O) groups excluding carboxylic acids is 1. The van der Waals surface area contributed by atoms with Gasteiger partial charge >= 0.3 is 0 Å². The number of furan rings is 1. The molecule has 1 aliphatic rings. The first kappa shape index (κ1) is 9.83. The standard InChI is InChI=1S/C11H13NO3/c1-11(2)7-15-10(12-11)6-8(13)9-4-3-5-14-9/h3-6,12H,7H2,1-2H3/b10-6+. The minimum Gasteiger partial charge on any atom is -0.477 e. The Kier molecular flexibility index (Phi) is 2.26. The molecule has 1 fully saturated rings. The Labute approximate surface area is 87.9 Å². The lowest BCUT2D eigenvalue weighted by Gasteiger charge is -2.13. The van der Waals surface area contributed by atoms with Crippen LogP contribution in [0.3, 0.4) is 0 Å². The van der Waals surface area contributed by atoms with E-state index in [0.29, 0.717) is 18.3 Å². The van der Waals surface area contributed by atoms with Gasteiger partial charge in [-0.3, -0.25) is 4.79 Å². The molecule has 1 N–H and O–H groups in total. The van der Waals surface area contributed by atoms with Gasteiger partial charge in [0.05, 0.1) is 11.8 Å². The summed E-state index contributed by atoms with van der Waals surface area (Å²) in [5.74, 6) is 0.624. The van der Waals surface area contributed by atoms with Crippen molar-refractivity contribution in [2.75, 3.05) is 6.61 Å². The molecule has 2 heterocycles. The average molecular weight is 207 g/mol. The molecule has 4 heteroatoms. The number of ketones is 1. The molecular weight excluding hydrogens is 194 g/mol. The number of allylic oxidation sites excluding steroid dienone is 1. The van der Waals surface area contributed by atoms with Crippen molar-refractivity contribution in [1.82, 2.24) is 5.32 Å². The van der Waals surface area contributed by atoms with Gasteiger partial charge in [-0.1, -0.05) is 0 Å². The maximum Gasteiger partial charge on any atom is 0.226 e. The summed E-state index contributed by atoms with van der Waals surface area (Å²) in [7, 11) is 0. The molecule has 1 aromatic heterocycles. The number of carbonyl (C=O) groups is 1. The van der Waals surface area contributed by atoms with Crippen molar-refractivity contribution in [3.63, 3.8) is 0 Å². The van der Waals surface area contributed by atoms with Gasteiger partial charge in [-0.05, 0) is 26.0 Å². The molecule has 0 spiro atoms. The van der Waals surface area contributed by atoms with Crippen LogP contribution in [0.4, 0.5) is 0 Å². The van der Waals surface area contributed by atoms with Crippen molar-refractivity contribution in [1.29, 1.82) is 0 Å². The summed E-state index contributed by atoms with van der Waals surface area (Å²) in [6.07, 6.45) is 2.88. The highest BCUT2D eigenvalue weighted by atomic mass is 16.5. The van der Waals surface area contributed by atoms with Crippen molar-refractivity contribution in [3.8, 4) is 0 Å². The monoisotopic (exact) mass is 207 g/mol. The molecule has 4 nitrogen and oxygen atoms in total. The van der Waals surface area contributed by atoms with Gasteiger partial charge in [0.25, 0.3) is 0 Å². The molecule has 15 heavy (non-hydrogen) atoms. The third-order valence-corrected chi connectivity index (χ3v) is 2.08. The van der Waals surface area contributed by atoms with Gasteiger partial charge in [0.15, 0.2) is 11.6 Å². The fourth-order valence-electron chi connectivity index (χ4n) is 1.35. The van der Waals surface area contributed by atoms with Crippen LogP contribution in [-0.4, -0.2) is 17.9 Å². The summed E-state index contributed by atoms with van der Waals surface area (Å²) >= 11 is 0. The first-order valence-electron chi connectivity index (χ1n) is 4.77. The fourth-order valence-corrected chi connectivity index (χ4v) is 1.35. The average Bonchev–Trinajstić information content (AvgIpc) is 2.74. The lowest BCUT2D eigenvalue weighted by atomic mass is 10.1. The Morgan fingerprint density at radius 3 is 2.93 bits per heavy atom. The highest BCUT2D eigenvalue weighted by Gasteiger charge is 2.27. The fraction of sp³-hybridized carbons (Fsp3) is 0.364. The minimum absolute atomic E-state index is 0.116. The maximum atomic E-state index is 11.6. The Balaban J connectivity index is 2.09. The van der Waals surface area contributed by atoms with Gasteiger partial charge in [-0.15, -0.1) is 0 Å². The van der Waals surface area contributed by atoms with Crippen LogP contribution in [-0.2, 0) is 4.74 Å². The van der Waals surface area contributed by atoms with Crippen LogP contribution in [0, 0.1) is 0 Å². The van der Waals surface area contributed by atoms with Crippen LogP contribution in [0.2, 0.25) is 0 Å². The van der Waals surface area contributed by atoms with Crippen molar-refractivity contribution in [3.05, 3.63) is 36.1 Å². The van der Waals surface area contributed by atoms with Crippen LogP contribution in [0.5, 0.6) is 0 Å². The van der Waals surface area contributed by atoms with E-state index < -0.39 is 0 Å². The van der Waals surface area contributed by atoms with Crippen molar-refractivity contribution < 1.29 is 13.9 Å². The second-order valence-electron chi connectivity index (χ2n) is 4.15. The molecule has 1 aromatic rings. The summed E-state index contributed by atoms with van der Waals surface area (Å²) in [5.41, 5.74) is -0.116. The van der Waals surface area contributed by atoms with Crippen molar-refractivity contribution >= 4 is 5.78 Å². The first-order chi connectivity index (χ1) is 7.07. The summed E-state index contributed by atoms with van der Waals surface area (Å²) < 4.78 is 10.3. The van der Waals surface area contributed by atoms with Gasteiger partial charge in [0.1, 0.15) is 6.61 Å². The summed E-state index contributed by atoms with van der Waals surface area (Å²) in [6.45, 7) is 4.57. The zero-order valence-corrected chi connectivity index (χ0v) is 8.74. The number of hydrogen-bond donors (Lipinski definition) is 1. The van der Waals surface area contributed by atoms with E-state index in [2.05, 4.69) is 5.32 Å². The van der Waals surface area contributed by atoms with Crippen LogP contribution < -0.4 is 5.32 Å². The van der Waals surface area contributed by atoms with E-state index in [1.807, 2.05) is 13.8 Å². The van der Waals surface area contributed by atoms with Gasteiger partial charge < -0.3 is 14.5 Å². The molecule has 0 radical (unpaired) electrons. The number of nitrogens with one attached hydrogen (secondary N) is 1. The van der Waals surface area contributed by atoms with Gasteiger partial charge in [-0.25, -0.2) is 0 Å². The molecule has 0 bridgehead atoms. The van der Waals surface area contributed by atoms with E-state index in [1.165, 1.54) is 12.3 Å². The van der Waals surface area contributed by atoms with E-state index in [0.717, 1.165) is 0 Å². The summed E-state index contributed by atoms with van der Waals surface area (Å²) in [4.78, 5) is 11.6. The SMILES string of the molecule is CC1(C)CO/C(=C/C(=O)c2ccco2)N1. The Bertz CT molecular complexity index is 390. The topological polar surface area (TPSA) is 51.5 Å². The van der Waals surface area contributed by atoms with Crippen LogP contribution in [0.1, 0.15) is 24.4 Å². The Morgan fingerprint density at radius 1 is 1.60 bits per heavy atom. The largest absolute Gasteiger partial charge is 0.477 e. The summed E-state index contributed by atoms with van der Waals surface area (Å²) in [5, 5.41) is 3.10. The second kappa shape index (κ2) is 3.46. The molecule has 0 amide bonds. The maximum absolute atomic E-state index is 11.6. The molecule has 2 rings (SSSR count). The Hall–Kier alpha value is -1.71. The molecule has 1 aliphatic heterocycles. The molecule has 0 atom stereocenters. The van der Waals surface area contributed by atoms with Crippen molar-refractivity contribution in [2.24, 2.45) is 0 Å². The van der Waals surface area contributed by atoms with Crippen LogP contribution >= 0.6 is 0 Å². The number of ether oxygens (including phenoxy) is 1. The third kappa shape index (κ3) is 2.21. The zero-order chi connectivity index (χ0) is 10.9. The molecule has 0 saturated carbocycles. The van der Waals surface area contributed by atoms with Crippen molar-refractivity contribution in [2.45, 2.75) is 19.4 Å². The predicted octanol–water partition coefficient (Wildman–Crippen LogP) is 1.70. The second-order valence-corrected chi connectivity index (χ2v) is 4.15. The molecular formula is C11H13NO3. The third-order valence-electron chi connectivity index (χ3n) is 2.08. The molecule has 0 aliphatic carbocycles. The zero-order valence-electron chi connectivity index (χ0n) is 8.74. The number of hydrogen-bond acceptors (Lipinski definition) is 4. The normalized spacial score (nSPS) is 21.1. The van der Waals surface area contributed by atoms with Gasteiger partial charge in [0.2, 0.25) is 5.78 Å². The first-order valence-corrected chi connectivity index (χ1v) is 4.77. The van der Waals surface area contributed by atoms with E-state index >= 15 is 0 Å². The Morgan fingerprint density at radius 2 is 2.40 bits per heavy atom. The lowest BCUT2D eigenvalue weighted by Crippen LogP contribution is -2.34. The van der Waals surface area contributed by atoms with Gasteiger partial charge in [0, 0.05) is 6.08 Å². The summed E-state index contributed by atoms with van der Waals surface area (Å²) in [6, 6.07) is 3.30. The lowest BCUT2D eigenvalue weighted by molar-refractivity contribution is 0.101. The molecule has 1 saturated heterocycles. The van der Waals surface area contributed by atoms with E-state index in [9.17, 15) is 4.79 Å². The molecule has 0 unspecified atom stereocenters. The van der Waals surface area contributed by atoms with Gasteiger partial charge in [-0.2, -0.15) is 0 Å². The molecule has 80 valence electrons. The predicted molar refractivity (Wildman–Crippen MR) is 54.3 cm³/mol. The van der Waals surface area contributed by atoms with Crippen LogP contribution in [0.25, 0.3) is 0 Å². The van der Waals surface area contributed by atoms with E-state index in [1.54, 1.807) is 12.1 Å². The highest BCUT2D eigenvalue weighted by Crippen LogP contribution is 2.16. The highest BCUT2D eigenvalue weighted by molar-refractivity contribution is 6.02. The quantitative estimate of drug-likeness (QED) is 0.592. The van der Waals surface area contributed by atoms with Crippen LogP contribution in [0.15, 0.2) is 34.8 Å². The molecule has 0 aromatic carbocycles. The smallest absolute Gasteiger partial charge is 0.226 e. The van der Waals surface area contributed by atoms with E-state index in [-0.39, 0.29) is 11.3 Å². The van der Waals surface area contributed by atoms with E-state index in [4.69, 9.17) is 9.15 Å².